The molecule has 0 heterocycles. The van der Waals surface area contributed by atoms with Crippen molar-refractivity contribution in [2.24, 2.45) is 0 Å². The van der Waals surface area contributed by atoms with E-state index in [1.54, 1.807) is 0 Å². The Labute approximate surface area is 137 Å². The number of hydrogen-bond donors (Lipinski definition) is 0. The third kappa shape index (κ3) is 3.79. The summed E-state index contributed by atoms with van der Waals surface area (Å²) in [6.45, 7) is 11.9. The number of benzene rings is 2. The third-order valence-electron chi connectivity index (χ3n) is 4.70. The van der Waals surface area contributed by atoms with Gasteiger partial charge in [-0.3, -0.25) is 0 Å². The predicted molar refractivity (Wildman–Crippen MR) is 104 cm³/mol. The van der Waals surface area contributed by atoms with Gasteiger partial charge in [0.25, 0.3) is 0 Å². The van der Waals surface area contributed by atoms with Gasteiger partial charge in [-0.05, 0) is 5.19 Å². The van der Waals surface area contributed by atoms with Gasteiger partial charge < -0.3 is 0 Å². The van der Waals surface area contributed by atoms with Crippen LogP contribution < -0.4 is 10.4 Å². The first-order chi connectivity index (χ1) is 10.3. The van der Waals surface area contributed by atoms with Gasteiger partial charge >= 0.3 is 0 Å². The summed E-state index contributed by atoms with van der Waals surface area (Å²) in [4.78, 5) is 0. The lowest BCUT2D eigenvalue weighted by Gasteiger charge is -2.27. The predicted octanol–water partition coefficient (Wildman–Crippen LogP) is 4.15. The molecule has 1 unspecified atom stereocenters. The molecule has 114 valence electrons. The lowest BCUT2D eigenvalue weighted by Crippen LogP contribution is -2.45. The maximum atomic E-state index is 3.67. The molecule has 0 fully saturated rings. The summed E-state index contributed by atoms with van der Waals surface area (Å²) >= 11 is 0. The van der Waals surface area contributed by atoms with Crippen LogP contribution in [-0.4, -0.2) is 16.1 Å². The van der Waals surface area contributed by atoms with Crippen molar-refractivity contribution < 1.29 is 0 Å². The SMILES string of the molecule is CC(C#C[Si](C)(C)c1ccccc1)[Si](C)(C)c1ccccc1. The van der Waals surface area contributed by atoms with E-state index in [0.717, 1.165) is 0 Å². The van der Waals surface area contributed by atoms with Gasteiger partial charge in [0.2, 0.25) is 0 Å². The molecule has 2 heteroatoms. The van der Waals surface area contributed by atoms with Crippen molar-refractivity contribution in [2.75, 3.05) is 0 Å². The molecule has 0 N–H and O–H groups in total. The molecule has 0 aromatic heterocycles. The Morgan fingerprint density at radius 3 is 1.68 bits per heavy atom. The average Bonchev–Trinajstić information content (AvgIpc) is 2.54. The van der Waals surface area contributed by atoms with Gasteiger partial charge in [0.05, 0.1) is 8.07 Å². The molecule has 1 atom stereocenters. The third-order valence-corrected chi connectivity index (χ3v) is 11.4. The van der Waals surface area contributed by atoms with Gasteiger partial charge in [-0.25, -0.2) is 0 Å². The van der Waals surface area contributed by atoms with Crippen LogP contribution in [0, 0.1) is 11.5 Å². The molecule has 2 rings (SSSR count). The van der Waals surface area contributed by atoms with Crippen LogP contribution in [0.5, 0.6) is 0 Å². The van der Waals surface area contributed by atoms with Crippen molar-refractivity contribution >= 4 is 26.5 Å². The first-order valence-electron chi connectivity index (χ1n) is 7.98. The zero-order valence-corrected chi connectivity index (χ0v) is 16.4. The first kappa shape index (κ1) is 16.8. The summed E-state index contributed by atoms with van der Waals surface area (Å²) in [6, 6.07) is 21.7. The molecule has 0 amide bonds. The maximum Gasteiger partial charge on any atom is 0.162 e. The van der Waals surface area contributed by atoms with Crippen molar-refractivity contribution in [1.82, 2.24) is 0 Å². The van der Waals surface area contributed by atoms with E-state index in [9.17, 15) is 0 Å². The van der Waals surface area contributed by atoms with Gasteiger partial charge in [-0.2, -0.15) is 0 Å². The number of hydrogen-bond acceptors (Lipinski definition) is 0. The van der Waals surface area contributed by atoms with E-state index in [1.165, 1.54) is 10.4 Å². The Balaban J connectivity index is 2.24. The molecule has 0 nitrogen and oxygen atoms in total. The lowest BCUT2D eigenvalue weighted by atomic mass is 10.4. The molecular formula is C20H26Si2. The number of rotatable bonds is 3. The minimum atomic E-state index is -1.66. The fourth-order valence-electron chi connectivity index (χ4n) is 2.51. The summed E-state index contributed by atoms with van der Waals surface area (Å²) in [5.74, 6) is 3.63. The molecule has 0 spiro atoms. The van der Waals surface area contributed by atoms with E-state index in [1.807, 2.05) is 0 Å². The Bertz CT molecular complexity index is 661. The van der Waals surface area contributed by atoms with Gasteiger partial charge in [-0.1, -0.05) is 99.0 Å². The molecule has 0 aliphatic heterocycles. The molecule has 2 aromatic carbocycles. The molecule has 0 saturated heterocycles. The highest BCUT2D eigenvalue weighted by atomic mass is 28.3. The second-order valence-corrected chi connectivity index (χ2v) is 16.0. The van der Waals surface area contributed by atoms with Crippen molar-refractivity contribution in [1.29, 1.82) is 0 Å². The van der Waals surface area contributed by atoms with Crippen LogP contribution >= 0.6 is 0 Å². The van der Waals surface area contributed by atoms with Crippen LogP contribution in [0.1, 0.15) is 6.92 Å². The minimum absolute atomic E-state index is 0.463. The van der Waals surface area contributed by atoms with E-state index in [0.29, 0.717) is 5.54 Å². The van der Waals surface area contributed by atoms with Gasteiger partial charge in [0, 0.05) is 5.54 Å². The van der Waals surface area contributed by atoms with Gasteiger partial charge in [0.1, 0.15) is 0 Å². The van der Waals surface area contributed by atoms with Gasteiger partial charge in [-0.15, -0.1) is 11.5 Å². The zero-order chi connectivity index (χ0) is 16.2. The minimum Gasteiger partial charge on any atom is -0.126 e. The van der Waals surface area contributed by atoms with E-state index >= 15 is 0 Å². The van der Waals surface area contributed by atoms with Crippen LogP contribution in [0.4, 0.5) is 0 Å². The molecule has 0 bridgehead atoms. The van der Waals surface area contributed by atoms with Crippen molar-refractivity contribution in [3.63, 3.8) is 0 Å². The summed E-state index contributed by atoms with van der Waals surface area (Å²) < 4.78 is 0. The fraction of sp³-hybridized carbons (Fsp3) is 0.300. The van der Waals surface area contributed by atoms with Crippen molar-refractivity contribution in [2.45, 2.75) is 38.7 Å². The van der Waals surface area contributed by atoms with E-state index in [4.69, 9.17) is 0 Å². The lowest BCUT2D eigenvalue weighted by molar-refractivity contribution is 1.18. The van der Waals surface area contributed by atoms with Crippen LogP contribution in [0.2, 0.25) is 31.7 Å². The molecular weight excluding hydrogens is 296 g/mol. The second kappa shape index (κ2) is 6.68. The van der Waals surface area contributed by atoms with Crippen LogP contribution in [0.15, 0.2) is 60.7 Å². The van der Waals surface area contributed by atoms with Crippen LogP contribution in [-0.2, 0) is 0 Å². The zero-order valence-electron chi connectivity index (χ0n) is 14.4. The highest BCUT2D eigenvalue weighted by molar-refractivity contribution is 6.96. The Morgan fingerprint density at radius 1 is 0.727 bits per heavy atom. The standard InChI is InChI=1S/C20H26Si2/c1-18(22(4,5)20-14-10-7-11-15-20)16-17-21(2,3)19-12-8-6-9-13-19/h6-15,18H,1-5H3. The van der Waals surface area contributed by atoms with Crippen LogP contribution in [0.3, 0.4) is 0 Å². The summed E-state index contributed by atoms with van der Waals surface area (Å²) in [5, 5.41) is 2.92. The molecule has 0 aliphatic carbocycles. The van der Waals surface area contributed by atoms with Crippen molar-refractivity contribution in [3.8, 4) is 11.5 Å². The highest BCUT2D eigenvalue weighted by Gasteiger charge is 2.30. The molecule has 0 aliphatic rings. The van der Waals surface area contributed by atoms with E-state index in [-0.39, 0.29) is 0 Å². The molecule has 0 radical (unpaired) electrons. The summed E-state index contributed by atoms with van der Waals surface area (Å²) in [7, 11) is -3.20. The monoisotopic (exact) mass is 322 g/mol. The normalized spacial score (nSPS) is 13.1. The topological polar surface area (TPSA) is 0 Å². The fourth-order valence-corrected chi connectivity index (χ4v) is 6.39. The smallest absolute Gasteiger partial charge is 0.126 e. The largest absolute Gasteiger partial charge is 0.162 e. The maximum absolute atomic E-state index is 3.67. The quantitative estimate of drug-likeness (QED) is 0.588. The van der Waals surface area contributed by atoms with Crippen molar-refractivity contribution in [3.05, 3.63) is 60.7 Å². The van der Waals surface area contributed by atoms with E-state index in [2.05, 4.69) is 105 Å². The van der Waals surface area contributed by atoms with Crippen LogP contribution in [0.25, 0.3) is 0 Å². The summed E-state index contributed by atoms with van der Waals surface area (Å²) in [6.07, 6.45) is 0. The second-order valence-electron chi connectivity index (χ2n) is 7.07. The molecule has 22 heavy (non-hydrogen) atoms. The summed E-state index contributed by atoms with van der Waals surface area (Å²) in [5.41, 5.74) is 4.14. The van der Waals surface area contributed by atoms with E-state index < -0.39 is 16.1 Å². The average molecular weight is 323 g/mol. The first-order valence-corrected chi connectivity index (χ1v) is 14.1. The molecule has 0 saturated carbocycles. The highest BCUT2D eigenvalue weighted by Crippen LogP contribution is 2.20. The van der Waals surface area contributed by atoms with Gasteiger partial charge in [0.15, 0.2) is 8.07 Å². The Morgan fingerprint density at radius 2 is 1.18 bits per heavy atom. The Hall–Kier alpha value is -1.57. The Kier molecular flexibility index (Phi) is 5.10. The molecule has 2 aromatic rings.